The van der Waals surface area contributed by atoms with Crippen LogP contribution in [0.5, 0.6) is 0 Å². The van der Waals surface area contributed by atoms with E-state index in [-0.39, 0.29) is 0 Å². The van der Waals surface area contributed by atoms with E-state index in [0.29, 0.717) is 11.1 Å². The lowest BCUT2D eigenvalue weighted by molar-refractivity contribution is 0.835. The van der Waals surface area contributed by atoms with Crippen molar-refractivity contribution >= 4 is 26.8 Å². The molecule has 2 aromatic carbocycles. The van der Waals surface area contributed by atoms with Crippen molar-refractivity contribution < 1.29 is 0 Å². The van der Waals surface area contributed by atoms with E-state index < -0.39 is 0 Å². The highest BCUT2D eigenvalue weighted by Gasteiger charge is 2.08. The van der Waals surface area contributed by atoms with Gasteiger partial charge in [0.05, 0.1) is 23.3 Å². The highest BCUT2D eigenvalue weighted by molar-refractivity contribution is 9.10. The van der Waals surface area contributed by atoms with Gasteiger partial charge in [-0.3, -0.25) is 0 Å². The van der Waals surface area contributed by atoms with Gasteiger partial charge in [0, 0.05) is 28.1 Å². The van der Waals surface area contributed by atoms with Gasteiger partial charge in [-0.1, -0.05) is 12.1 Å². The standard InChI is InChI=1S/C17H10BrN3/c18-16-11-21(10-13-3-1-12(8-19)2-4-13)17-6-5-14(9-20)7-15(16)17/h1-7,11H,10H2. The van der Waals surface area contributed by atoms with Gasteiger partial charge in [-0.2, -0.15) is 10.5 Å². The molecule has 0 aliphatic heterocycles. The molecular formula is C17H10BrN3. The second-order valence-electron chi connectivity index (χ2n) is 4.76. The van der Waals surface area contributed by atoms with E-state index in [9.17, 15) is 0 Å². The molecule has 0 atom stereocenters. The summed E-state index contributed by atoms with van der Waals surface area (Å²) in [6.45, 7) is 0.722. The van der Waals surface area contributed by atoms with Crippen molar-refractivity contribution in [2.75, 3.05) is 0 Å². The van der Waals surface area contributed by atoms with Crippen molar-refractivity contribution in [1.82, 2.24) is 4.57 Å². The maximum absolute atomic E-state index is 8.98. The number of hydrogen-bond donors (Lipinski definition) is 0. The first-order valence-corrected chi connectivity index (χ1v) is 7.18. The highest BCUT2D eigenvalue weighted by atomic mass is 79.9. The molecule has 0 saturated carbocycles. The zero-order valence-corrected chi connectivity index (χ0v) is 12.6. The molecule has 0 N–H and O–H groups in total. The summed E-state index contributed by atoms with van der Waals surface area (Å²) in [7, 11) is 0. The molecule has 100 valence electrons. The van der Waals surface area contributed by atoms with Gasteiger partial charge < -0.3 is 4.57 Å². The minimum Gasteiger partial charge on any atom is -0.342 e. The third kappa shape index (κ3) is 2.54. The Morgan fingerprint density at radius 2 is 1.62 bits per heavy atom. The normalized spacial score (nSPS) is 10.2. The number of halogens is 1. The summed E-state index contributed by atoms with van der Waals surface area (Å²) in [5, 5.41) is 18.8. The Labute approximate surface area is 130 Å². The van der Waals surface area contributed by atoms with Crippen molar-refractivity contribution in [3.8, 4) is 12.1 Å². The molecule has 0 saturated heterocycles. The highest BCUT2D eigenvalue weighted by Crippen LogP contribution is 2.27. The van der Waals surface area contributed by atoms with E-state index in [1.165, 1.54) is 0 Å². The lowest BCUT2D eigenvalue weighted by Crippen LogP contribution is -1.97. The fourth-order valence-electron chi connectivity index (χ4n) is 2.34. The van der Waals surface area contributed by atoms with E-state index in [1.54, 1.807) is 0 Å². The maximum atomic E-state index is 8.98. The SMILES string of the molecule is N#Cc1ccc(Cn2cc(Br)c3cc(C#N)ccc32)cc1. The third-order valence-corrected chi connectivity index (χ3v) is 4.03. The smallest absolute Gasteiger partial charge is 0.0991 e. The van der Waals surface area contributed by atoms with E-state index in [0.717, 1.165) is 27.5 Å². The molecule has 1 heterocycles. The second-order valence-corrected chi connectivity index (χ2v) is 5.61. The molecule has 0 unspecified atom stereocenters. The summed E-state index contributed by atoms with van der Waals surface area (Å²) in [6.07, 6.45) is 2.02. The molecule has 0 amide bonds. The zero-order valence-electron chi connectivity index (χ0n) is 11.0. The Hall–Kier alpha value is -2.56. The fourth-order valence-corrected chi connectivity index (χ4v) is 2.90. The summed E-state index contributed by atoms with van der Waals surface area (Å²) in [5.41, 5.74) is 3.52. The molecule has 3 rings (SSSR count). The van der Waals surface area contributed by atoms with Crippen molar-refractivity contribution in [2.24, 2.45) is 0 Å². The number of benzene rings is 2. The van der Waals surface area contributed by atoms with Gasteiger partial charge in [0.2, 0.25) is 0 Å². The van der Waals surface area contributed by atoms with Crippen molar-refractivity contribution in [3.63, 3.8) is 0 Å². The first-order valence-electron chi connectivity index (χ1n) is 6.39. The number of hydrogen-bond acceptors (Lipinski definition) is 2. The molecule has 0 bridgehead atoms. The van der Waals surface area contributed by atoms with Gasteiger partial charge >= 0.3 is 0 Å². The first kappa shape index (κ1) is 13.4. The van der Waals surface area contributed by atoms with E-state index in [1.807, 2.05) is 48.7 Å². The first-order chi connectivity index (χ1) is 10.2. The average molecular weight is 336 g/mol. The zero-order chi connectivity index (χ0) is 14.8. The Balaban J connectivity index is 2.01. The summed E-state index contributed by atoms with van der Waals surface area (Å²) < 4.78 is 3.10. The quantitative estimate of drug-likeness (QED) is 0.704. The van der Waals surface area contributed by atoms with Crippen LogP contribution in [0.1, 0.15) is 16.7 Å². The van der Waals surface area contributed by atoms with E-state index in [4.69, 9.17) is 10.5 Å². The van der Waals surface area contributed by atoms with Crippen LogP contribution in [0.2, 0.25) is 0 Å². The molecular weight excluding hydrogens is 326 g/mol. The Kier molecular flexibility index (Phi) is 3.48. The Morgan fingerprint density at radius 1 is 0.952 bits per heavy atom. The predicted molar refractivity (Wildman–Crippen MR) is 84.6 cm³/mol. The fraction of sp³-hybridized carbons (Fsp3) is 0.0588. The molecule has 3 aromatic rings. The van der Waals surface area contributed by atoms with Gasteiger partial charge in [0.25, 0.3) is 0 Å². The van der Waals surface area contributed by atoms with Crippen LogP contribution in [-0.4, -0.2) is 4.57 Å². The molecule has 0 aliphatic carbocycles. The number of rotatable bonds is 2. The van der Waals surface area contributed by atoms with Gasteiger partial charge in [0.1, 0.15) is 0 Å². The number of fused-ring (bicyclic) bond motifs is 1. The molecule has 0 fully saturated rings. The average Bonchev–Trinajstić information content (AvgIpc) is 2.83. The van der Waals surface area contributed by atoms with Gasteiger partial charge in [-0.25, -0.2) is 0 Å². The lowest BCUT2D eigenvalue weighted by atomic mass is 10.1. The molecule has 0 aliphatic rings. The number of aromatic nitrogens is 1. The molecule has 3 nitrogen and oxygen atoms in total. The van der Waals surface area contributed by atoms with Crippen LogP contribution < -0.4 is 0 Å². The minimum atomic E-state index is 0.652. The summed E-state index contributed by atoms with van der Waals surface area (Å²) >= 11 is 3.54. The minimum absolute atomic E-state index is 0.652. The molecule has 21 heavy (non-hydrogen) atoms. The summed E-state index contributed by atoms with van der Waals surface area (Å²) in [4.78, 5) is 0. The van der Waals surface area contributed by atoms with E-state index >= 15 is 0 Å². The largest absolute Gasteiger partial charge is 0.342 e. The van der Waals surface area contributed by atoms with Crippen molar-refractivity contribution in [2.45, 2.75) is 6.54 Å². The topological polar surface area (TPSA) is 52.5 Å². The van der Waals surface area contributed by atoms with Crippen LogP contribution in [-0.2, 0) is 6.54 Å². The maximum Gasteiger partial charge on any atom is 0.0991 e. The Morgan fingerprint density at radius 3 is 2.29 bits per heavy atom. The van der Waals surface area contributed by atoms with Gasteiger partial charge in [-0.15, -0.1) is 0 Å². The van der Waals surface area contributed by atoms with Crippen molar-refractivity contribution in [3.05, 3.63) is 69.8 Å². The summed E-state index contributed by atoms with van der Waals surface area (Å²) in [6, 6.07) is 17.5. The molecule has 4 heteroatoms. The molecule has 0 spiro atoms. The third-order valence-electron chi connectivity index (χ3n) is 3.40. The van der Waals surface area contributed by atoms with Crippen LogP contribution in [0.25, 0.3) is 10.9 Å². The van der Waals surface area contributed by atoms with Crippen LogP contribution in [0.15, 0.2) is 53.1 Å². The lowest BCUT2D eigenvalue weighted by Gasteiger charge is -2.05. The summed E-state index contributed by atoms with van der Waals surface area (Å²) in [5.74, 6) is 0. The van der Waals surface area contributed by atoms with Gasteiger partial charge in [0.15, 0.2) is 0 Å². The predicted octanol–water partition coefficient (Wildman–Crippen LogP) is 4.20. The van der Waals surface area contributed by atoms with Crippen LogP contribution in [0.3, 0.4) is 0 Å². The monoisotopic (exact) mass is 335 g/mol. The van der Waals surface area contributed by atoms with Gasteiger partial charge in [-0.05, 0) is 51.8 Å². The molecule has 1 aromatic heterocycles. The number of nitriles is 2. The second kappa shape index (κ2) is 5.44. The van der Waals surface area contributed by atoms with Crippen molar-refractivity contribution in [1.29, 1.82) is 10.5 Å². The molecule has 0 radical (unpaired) electrons. The Bertz CT molecular complexity index is 893. The number of nitrogens with zero attached hydrogens (tertiary/aromatic N) is 3. The van der Waals surface area contributed by atoms with Crippen LogP contribution in [0, 0.1) is 22.7 Å². The van der Waals surface area contributed by atoms with Crippen LogP contribution in [0.4, 0.5) is 0 Å². The van der Waals surface area contributed by atoms with E-state index in [2.05, 4.69) is 32.6 Å². The van der Waals surface area contributed by atoms with Crippen LogP contribution >= 0.6 is 15.9 Å².